The third kappa shape index (κ3) is 17.3. The van der Waals surface area contributed by atoms with Crippen LogP contribution in [0.15, 0.2) is 364 Å². The first-order valence-corrected chi connectivity index (χ1v) is 43.1. The van der Waals surface area contributed by atoms with Crippen LogP contribution in [0.3, 0.4) is 0 Å². The van der Waals surface area contributed by atoms with E-state index in [1.807, 2.05) is 0 Å². The molecular weight excluding hydrogens is 1460 g/mol. The molecule has 0 N–H and O–H groups in total. The van der Waals surface area contributed by atoms with Gasteiger partial charge in [0, 0.05) is 20.4 Å². The molecule has 0 aliphatic heterocycles. The predicted octanol–water partition coefficient (Wildman–Crippen LogP) is 7.74. The molecule has 4 radical (unpaired) electrons. The van der Waals surface area contributed by atoms with E-state index in [1.54, 1.807) is 0 Å². The van der Waals surface area contributed by atoms with Gasteiger partial charge in [-0.05, 0) is 0 Å². The van der Waals surface area contributed by atoms with E-state index >= 15 is 0 Å². The van der Waals surface area contributed by atoms with Crippen LogP contribution in [0.4, 0.5) is 0 Å². The van der Waals surface area contributed by atoms with Gasteiger partial charge in [0.05, 0.1) is 0 Å². The molecule has 0 aromatic heterocycles. The fourth-order valence-electron chi connectivity index (χ4n) is 9.26. The Morgan fingerprint density at radius 3 is 0.234 bits per heavy atom. The van der Waals surface area contributed by atoms with Crippen molar-refractivity contribution >= 4 is 123 Å². The van der Waals surface area contributed by atoms with E-state index in [9.17, 15) is 0 Å². The Balaban J connectivity index is 0.000000135. The van der Waals surface area contributed by atoms with Gasteiger partial charge >= 0.3 is 487 Å². The molecule has 12 rings (SSSR count). The molecule has 77 heavy (non-hydrogen) atoms. The van der Waals surface area contributed by atoms with Crippen LogP contribution in [-0.4, -0.2) is 80.8 Å². The third-order valence-corrected chi connectivity index (χ3v) is 43.9. The van der Waals surface area contributed by atoms with Gasteiger partial charge in [-0.2, -0.15) is 0 Å². The summed E-state index contributed by atoms with van der Waals surface area (Å²) >= 11 is -7.93. The molecule has 0 amide bonds. The van der Waals surface area contributed by atoms with Crippen LogP contribution in [0.1, 0.15) is 0 Å². The number of hydrogen-bond acceptors (Lipinski definition) is 0. The Morgan fingerprint density at radius 1 is 0.104 bits per heavy atom. The standard InChI is InChI=1S/12C6H5.Pd.4Sb.4H/c12*1-2-4-6-5-3-1;;;;;;;;;/h12*1-5H;;;;;;;;;. The van der Waals surface area contributed by atoms with Crippen molar-refractivity contribution in [2.45, 2.75) is 0 Å². The van der Waals surface area contributed by atoms with Crippen LogP contribution in [0, 0.1) is 0 Å². The summed E-state index contributed by atoms with van der Waals surface area (Å²) in [7, 11) is 0. The van der Waals surface area contributed by atoms with Gasteiger partial charge in [-0.15, -0.1) is 0 Å². The zero-order chi connectivity index (χ0) is 51.7. The Bertz CT molecular complexity index is 2580. The average Bonchev–Trinajstić information content (AvgIpc) is 3.51. The molecule has 0 fully saturated rings. The van der Waals surface area contributed by atoms with Crippen molar-refractivity contribution in [1.29, 1.82) is 0 Å². The molecule has 382 valence electrons. The summed E-state index contributed by atoms with van der Waals surface area (Å²) in [5, 5.41) is 0. The van der Waals surface area contributed by atoms with E-state index in [4.69, 9.17) is 0 Å². The Labute approximate surface area is 501 Å². The summed E-state index contributed by atoms with van der Waals surface area (Å²) in [6.07, 6.45) is 0. The number of rotatable bonds is 12. The van der Waals surface area contributed by atoms with Crippen molar-refractivity contribution in [2.75, 3.05) is 0 Å². The number of hydrogen-bond donors (Lipinski definition) is 0. The van der Waals surface area contributed by atoms with Gasteiger partial charge in [-0.3, -0.25) is 0 Å². The van der Waals surface area contributed by atoms with Gasteiger partial charge in [0.2, 0.25) is 0 Å². The normalized spacial score (nSPS) is 10.4. The first-order chi connectivity index (χ1) is 37.8. The van der Waals surface area contributed by atoms with Crippen molar-refractivity contribution in [1.82, 2.24) is 0 Å². The molecule has 0 saturated heterocycles. The summed E-state index contributed by atoms with van der Waals surface area (Å²) in [5.41, 5.74) is 0. The van der Waals surface area contributed by atoms with Crippen LogP contribution in [0.2, 0.25) is 0 Å². The van der Waals surface area contributed by atoms with E-state index in [1.165, 1.54) is 42.1 Å². The average molecular weight is 1520 g/mol. The molecule has 0 saturated carbocycles. The molecule has 0 unspecified atom stereocenters. The third-order valence-electron chi connectivity index (χ3n) is 12.7. The monoisotopic (exact) mass is 1520 g/mol. The van der Waals surface area contributed by atoms with Crippen molar-refractivity contribution < 1.29 is 20.4 Å². The maximum absolute atomic E-state index is 2.29. The van der Waals surface area contributed by atoms with E-state index in [-0.39, 0.29) is 20.4 Å². The van der Waals surface area contributed by atoms with Crippen LogP contribution in [-0.2, 0) is 20.4 Å². The quantitative estimate of drug-likeness (QED) is 0.110. The van der Waals surface area contributed by atoms with Gasteiger partial charge in [0.25, 0.3) is 0 Å². The van der Waals surface area contributed by atoms with E-state index < -0.39 is 80.8 Å². The van der Waals surface area contributed by atoms with Crippen LogP contribution < -0.4 is 42.1 Å². The van der Waals surface area contributed by atoms with E-state index in [2.05, 4.69) is 364 Å². The van der Waals surface area contributed by atoms with Crippen molar-refractivity contribution in [3.8, 4) is 0 Å². The molecule has 0 bridgehead atoms. The molecule has 0 atom stereocenters. The summed E-state index contributed by atoms with van der Waals surface area (Å²) in [4.78, 5) is 0. The Hall–Kier alpha value is -5.42. The molecule has 0 heterocycles. The fourth-order valence-corrected chi connectivity index (χ4v) is 38.7. The Kier molecular flexibility index (Phi) is 24.3. The second-order valence-electron chi connectivity index (χ2n) is 17.9. The molecule has 12 aromatic carbocycles. The predicted molar refractivity (Wildman–Crippen MR) is 342 cm³/mol. The first-order valence-electron chi connectivity index (χ1n) is 25.9. The summed E-state index contributed by atoms with van der Waals surface area (Å²) in [6, 6.07) is 132. The topological polar surface area (TPSA) is 0 Å². The van der Waals surface area contributed by atoms with Crippen LogP contribution in [0.25, 0.3) is 0 Å². The minimum absolute atomic E-state index is 0. The van der Waals surface area contributed by atoms with E-state index in [0.717, 1.165) is 0 Å². The molecular formula is C72H64PdSb4. The molecule has 5 heteroatoms. The molecule has 0 nitrogen and oxygen atoms in total. The van der Waals surface area contributed by atoms with Gasteiger partial charge in [0.1, 0.15) is 0 Å². The van der Waals surface area contributed by atoms with Crippen molar-refractivity contribution in [2.24, 2.45) is 0 Å². The SMILES string of the molecule is [Pd].c1cc[c]([SbH]([c]2ccccc2)[c]2ccccc2)cc1.c1cc[c]([SbH]([c]2ccccc2)[c]2ccccc2)cc1.c1cc[c]([SbH]([c]2ccccc2)[c]2ccccc2)cc1.c1cc[c]([SbH]([c]2ccccc2)[c]2ccccc2)cc1. The van der Waals surface area contributed by atoms with Crippen molar-refractivity contribution in [3.63, 3.8) is 0 Å². The number of benzene rings is 12. The summed E-state index contributed by atoms with van der Waals surface area (Å²) in [6.45, 7) is 0. The van der Waals surface area contributed by atoms with Gasteiger partial charge in [-0.25, -0.2) is 0 Å². The second-order valence-corrected chi connectivity index (χ2v) is 46.2. The minimum atomic E-state index is -1.98. The van der Waals surface area contributed by atoms with E-state index in [0.29, 0.717) is 0 Å². The first kappa shape index (κ1) is 57.7. The summed E-state index contributed by atoms with van der Waals surface area (Å²) in [5.74, 6) is 0. The van der Waals surface area contributed by atoms with Crippen LogP contribution in [0.5, 0.6) is 0 Å². The van der Waals surface area contributed by atoms with Gasteiger partial charge in [0.15, 0.2) is 0 Å². The molecule has 0 spiro atoms. The molecule has 0 aliphatic rings. The molecule has 0 aliphatic carbocycles. The molecule has 12 aromatic rings. The van der Waals surface area contributed by atoms with Gasteiger partial charge in [-0.1, -0.05) is 0 Å². The zero-order valence-corrected chi connectivity index (χ0v) is 55.9. The van der Waals surface area contributed by atoms with Crippen LogP contribution >= 0.6 is 0 Å². The Morgan fingerprint density at radius 2 is 0.169 bits per heavy atom. The van der Waals surface area contributed by atoms with Gasteiger partial charge < -0.3 is 0 Å². The maximum atomic E-state index is 2.29. The van der Waals surface area contributed by atoms with Crippen molar-refractivity contribution in [3.05, 3.63) is 364 Å². The summed E-state index contributed by atoms with van der Waals surface area (Å²) < 4.78 is 18.4. The second kappa shape index (κ2) is 32.5. The zero-order valence-electron chi connectivity index (χ0n) is 43.0. The fraction of sp³-hybridized carbons (Fsp3) is 0.